The summed E-state index contributed by atoms with van der Waals surface area (Å²) >= 11 is 0. The lowest BCUT2D eigenvalue weighted by atomic mass is 9.83. The van der Waals surface area contributed by atoms with Gasteiger partial charge in [-0.25, -0.2) is 0 Å². The largest absolute Gasteiger partial charge is 0.414 e. The summed E-state index contributed by atoms with van der Waals surface area (Å²) in [5.74, 6) is 0.689. The van der Waals surface area contributed by atoms with E-state index in [1.165, 1.54) is 30.9 Å². The van der Waals surface area contributed by atoms with Crippen molar-refractivity contribution in [3.05, 3.63) is 11.3 Å². The predicted molar refractivity (Wildman–Crippen MR) is 80.4 cm³/mol. The van der Waals surface area contributed by atoms with Crippen LogP contribution in [0.3, 0.4) is 0 Å². The molecule has 0 saturated heterocycles. The zero-order valence-electron chi connectivity index (χ0n) is 12.5. The fraction of sp³-hybridized carbons (Fsp3) is 0.857. The number of fused-ring (bicyclic) bond motifs is 1. The summed E-state index contributed by atoms with van der Waals surface area (Å²) in [6.45, 7) is 11.4. The molecule has 0 aromatic rings. The summed E-state index contributed by atoms with van der Waals surface area (Å²) in [5, 5.41) is 1.52. The highest BCUT2D eigenvalue weighted by atomic mass is 28.4. The second-order valence-electron chi connectivity index (χ2n) is 6.51. The van der Waals surface area contributed by atoms with E-state index in [1.54, 1.807) is 0 Å². The van der Waals surface area contributed by atoms with Crippen LogP contribution in [0.15, 0.2) is 11.3 Å². The van der Waals surface area contributed by atoms with E-state index < -0.39 is 17.4 Å². The Bertz CT molecular complexity index is 326. The topological polar surface area (TPSA) is 18.5 Å². The minimum atomic E-state index is -1.58. The highest BCUT2D eigenvalue weighted by molar-refractivity contribution is 6.78. The fourth-order valence-corrected chi connectivity index (χ4v) is 5.83. The summed E-state index contributed by atoms with van der Waals surface area (Å²) in [7, 11) is -2.14. The number of hydrogen-bond donors (Lipinski definition) is 0. The Morgan fingerprint density at radius 1 is 1.33 bits per heavy atom. The Hall–Kier alpha value is 0.0938. The molecule has 0 spiro atoms. The van der Waals surface area contributed by atoms with Gasteiger partial charge in [0, 0.05) is 12.2 Å². The van der Waals surface area contributed by atoms with E-state index >= 15 is 0 Å². The molecule has 1 fully saturated rings. The zero-order chi connectivity index (χ0) is 13.3. The van der Waals surface area contributed by atoms with E-state index in [4.69, 9.17) is 8.85 Å². The van der Waals surface area contributed by atoms with Crippen LogP contribution < -0.4 is 0 Å². The molecule has 0 aromatic heterocycles. The van der Waals surface area contributed by atoms with Crippen molar-refractivity contribution in [1.82, 2.24) is 0 Å². The molecule has 3 atom stereocenters. The molecule has 1 radical (unpaired) electrons. The van der Waals surface area contributed by atoms with Gasteiger partial charge in [0.1, 0.15) is 0 Å². The maximum absolute atomic E-state index is 6.49. The first-order valence-corrected chi connectivity index (χ1v) is 12.5. The number of allylic oxidation sites excluding steroid dienone is 2. The van der Waals surface area contributed by atoms with Gasteiger partial charge in [0.25, 0.3) is 0 Å². The Morgan fingerprint density at radius 3 is 2.72 bits per heavy atom. The molecule has 0 unspecified atom stereocenters. The van der Waals surface area contributed by atoms with Gasteiger partial charge in [-0.3, -0.25) is 0 Å². The van der Waals surface area contributed by atoms with Crippen molar-refractivity contribution in [3.8, 4) is 0 Å². The normalized spacial score (nSPS) is 35.9. The Kier molecular flexibility index (Phi) is 4.52. The predicted octanol–water partition coefficient (Wildman–Crippen LogP) is 3.90. The second-order valence-corrected chi connectivity index (χ2v) is 12.6. The molecular weight excluding hydrogens is 256 g/mol. The van der Waals surface area contributed by atoms with Gasteiger partial charge in [-0.2, -0.15) is 0 Å². The van der Waals surface area contributed by atoms with Crippen LogP contribution in [0.1, 0.15) is 32.6 Å². The molecule has 0 bridgehead atoms. The van der Waals surface area contributed by atoms with Crippen LogP contribution in [0.2, 0.25) is 26.2 Å². The van der Waals surface area contributed by atoms with Gasteiger partial charge in [0.15, 0.2) is 0 Å². The van der Waals surface area contributed by atoms with Gasteiger partial charge in [-0.05, 0) is 64.7 Å². The summed E-state index contributed by atoms with van der Waals surface area (Å²) < 4.78 is 12.6. The van der Waals surface area contributed by atoms with Gasteiger partial charge in [0.2, 0.25) is 17.4 Å². The smallest absolute Gasteiger partial charge is 0.214 e. The summed E-state index contributed by atoms with van der Waals surface area (Å²) in [6, 6.07) is 0. The number of rotatable bonds is 2. The molecule has 2 rings (SSSR count). The van der Waals surface area contributed by atoms with Crippen LogP contribution in [0.5, 0.6) is 0 Å². The van der Waals surface area contributed by atoms with Crippen molar-refractivity contribution < 1.29 is 8.85 Å². The van der Waals surface area contributed by atoms with Crippen LogP contribution in [0.25, 0.3) is 0 Å². The maximum atomic E-state index is 6.49. The van der Waals surface area contributed by atoms with Crippen LogP contribution in [-0.4, -0.2) is 29.6 Å². The van der Waals surface area contributed by atoms with Gasteiger partial charge < -0.3 is 8.85 Å². The molecule has 1 heterocycles. The van der Waals surface area contributed by atoms with Crippen LogP contribution in [0.4, 0.5) is 0 Å². The van der Waals surface area contributed by atoms with E-state index in [-0.39, 0.29) is 0 Å². The average molecular weight is 284 g/mol. The lowest BCUT2D eigenvalue weighted by Crippen LogP contribution is -2.42. The SMILES string of the molecule is CC1=CC[C@H]2C[C@H](O[Si](C)C)CC[C@@H]2O[Si]1(C)C. The third-order valence-corrected chi connectivity index (χ3v) is 8.19. The second kappa shape index (κ2) is 5.61. The van der Waals surface area contributed by atoms with Crippen molar-refractivity contribution in [2.75, 3.05) is 0 Å². The molecule has 0 N–H and O–H groups in total. The van der Waals surface area contributed by atoms with Gasteiger partial charge in [-0.1, -0.05) is 11.3 Å². The van der Waals surface area contributed by atoms with E-state index in [0.29, 0.717) is 18.1 Å². The quantitative estimate of drug-likeness (QED) is 0.716. The maximum Gasteiger partial charge on any atom is 0.214 e. The first-order chi connectivity index (χ1) is 8.38. The molecule has 4 heteroatoms. The molecule has 2 nitrogen and oxygen atoms in total. The van der Waals surface area contributed by atoms with E-state index in [2.05, 4.69) is 39.2 Å². The van der Waals surface area contributed by atoms with Gasteiger partial charge >= 0.3 is 0 Å². The minimum Gasteiger partial charge on any atom is -0.414 e. The molecular formula is C14H27O2Si2. The summed E-state index contributed by atoms with van der Waals surface area (Å²) in [4.78, 5) is 0. The first kappa shape index (κ1) is 14.5. The monoisotopic (exact) mass is 283 g/mol. The molecule has 2 aliphatic rings. The van der Waals surface area contributed by atoms with Crippen LogP contribution in [-0.2, 0) is 8.85 Å². The summed E-state index contributed by atoms with van der Waals surface area (Å²) in [6.07, 6.45) is 8.22. The molecule has 0 amide bonds. The van der Waals surface area contributed by atoms with Crippen molar-refractivity contribution in [2.24, 2.45) is 5.92 Å². The third kappa shape index (κ3) is 3.35. The lowest BCUT2D eigenvalue weighted by Gasteiger charge is -2.38. The van der Waals surface area contributed by atoms with Crippen molar-refractivity contribution in [3.63, 3.8) is 0 Å². The molecule has 1 aliphatic heterocycles. The fourth-order valence-electron chi connectivity index (χ4n) is 3.08. The zero-order valence-corrected chi connectivity index (χ0v) is 14.5. The average Bonchev–Trinajstić information content (AvgIpc) is 2.37. The highest BCUT2D eigenvalue weighted by Gasteiger charge is 2.38. The van der Waals surface area contributed by atoms with Crippen molar-refractivity contribution >= 4 is 17.4 Å². The Morgan fingerprint density at radius 2 is 2.06 bits per heavy atom. The molecule has 103 valence electrons. The Balaban J connectivity index is 2.02. The van der Waals surface area contributed by atoms with Crippen LogP contribution in [0, 0.1) is 5.92 Å². The van der Waals surface area contributed by atoms with Gasteiger partial charge in [-0.15, -0.1) is 0 Å². The number of hydrogen-bond acceptors (Lipinski definition) is 2. The van der Waals surface area contributed by atoms with Gasteiger partial charge in [0.05, 0.1) is 0 Å². The van der Waals surface area contributed by atoms with Crippen LogP contribution >= 0.6 is 0 Å². The Labute approximate surface area is 115 Å². The molecule has 18 heavy (non-hydrogen) atoms. The first-order valence-electron chi connectivity index (χ1n) is 7.20. The van der Waals surface area contributed by atoms with E-state index in [9.17, 15) is 0 Å². The standard InChI is InChI=1S/C14H27O2Si2/c1-11-6-7-12-10-13(15-17(2)3)8-9-14(12)16-18(11,4)5/h6,12-14H,7-10H2,1-5H3/t12-,13+,14-/m0/s1. The van der Waals surface area contributed by atoms with E-state index in [1.807, 2.05) is 0 Å². The molecule has 0 aromatic carbocycles. The minimum absolute atomic E-state index is 0.490. The molecule has 1 aliphatic carbocycles. The highest BCUT2D eigenvalue weighted by Crippen LogP contribution is 2.37. The van der Waals surface area contributed by atoms with Crippen molar-refractivity contribution in [1.29, 1.82) is 0 Å². The molecule has 1 saturated carbocycles. The van der Waals surface area contributed by atoms with E-state index in [0.717, 1.165) is 0 Å². The summed E-state index contributed by atoms with van der Waals surface area (Å²) in [5.41, 5.74) is 0. The third-order valence-electron chi connectivity index (χ3n) is 4.39. The van der Waals surface area contributed by atoms with Crippen molar-refractivity contribution in [2.45, 2.75) is 71.0 Å². The lowest BCUT2D eigenvalue weighted by molar-refractivity contribution is 0.0307.